The molecule has 0 aliphatic rings. The number of rotatable bonds is 1. The third-order valence-electron chi connectivity index (χ3n) is 2.98. The number of anilines is 1. The van der Waals surface area contributed by atoms with Crippen molar-refractivity contribution in [2.75, 3.05) is 5.73 Å². The predicted molar refractivity (Wildman–Crippen MR) is 71.9 cm³/mol. The number of aromatic nitrogens is 2. The smallest absolute Gasteiger partial charge is 0.141 e. The Morgan fingerprint density at radius 2 is 1.94 bits per heavy atom. The van der Waals surface area contributed by atoms with Crippen molar-refractivity contribution >= 4 is 16.6 Å². The number of para-hydroxylation sites is 1. The van der Waals surface area contributed by atoms with E-state index in [9.17, 15) is 5.11 Å². The van der Waals surface area contributed by atoms with Crippen molar-refractivity contribution < 1.29 is 5.11 Å². The van der Waals surface area contributed by atoms with E-state index < -0.39 is 0 Å². The quantitative estimate of drug-likeness (QED) is 0.641. The van der Waals surface area contributed by atoms with Gasteiger partial charge in [-0.1, -0.05) is 18.2 Å². The number of nitrogens with two attached hydrogens (primary N) is 1. The Kier molecular flexibility index (Phi) is 2.23. The zero-order valence-electron chi connectivity index (χ0n) is 9.96. The highest BCUT2D eigenvalue weighted by atomic mass is 16.3. The fourth-order valence-corrected chi connectivity index (χ4v) is 2.14. The summed E-state index contributed by atoms with van der Waals surface area (Å²) in [6.45, 7) is 1.92. The van der Waals surface area contributed by atoms with Crippen LogP contribution in [0.25, 0.3) is 16.6 Å². The molecule has 4 heteroatoms. The van der Waals surface area contributed by atoms with Crippen molar-refractivity contribution in [1.29, 1.82) is 0 Å². The molecule has 0 atom stereocenters. The van der Waals surface area contributed by atoms with Crippen molar-refractivity contribution in [3.05, 3.63) is 48.2 Å². The van der Waals surface area contributed by atoms with Gasteiger partial charge in [-0.2, -0.15) is 5.10 Å². The van der Waals surface area contributed by atoms with Crippen LogP contribution < -0.4 is 5.73 Å². The average molecular weight is 239 g/mol. The topological polar surface area (TPSA) is 64.1 Å². The van der Waals surface area contributed by atoms with Crippen LogP contribution >= 0.6 is 0 Å². The number of benzene rings is 2. The second-order valence-electron chi connectivity index (χ2n) is 4.27. The van der Waals surface area contributed by atoms with Crippen LogP contribution in [0.4, 0.5) is 5.69 Å². The highest BCUT2D eigenvalue weighted by Crippen LogP contribution is 2.29. The zero-order valence-corrected chi connectivity index (χ0v) is 9.96. The fraction of sp³-hybridized carbons (Fsp3) is 0.0714. The van der Waals surface area contributed by atoms with E-state index in [-0.39, 0.29) is 5.75 Å². The fourth-order valence-electron chi connectivity index (χ4n) is 2.14. The molecule has 90 valence electrons. The first kappa shape index (κ1) is 10.7. The Hall–Kier alpha value is -2.49. The summed E-state index contributed by atoms with van der Waals surface area (Å²) in [7, 11) is 0. The number of aromatic hydroxyl groups is 1. The Morgan fingerprint density at radius 3 is 2.72 bits per heavy atom. The minimum absolute atomic E-state index is 0.218. The van der Waals surface area contributed by atoms with E-state index in [0.29, 0.717) is 11.2 Å². The molecule has 18 heavy (non-hydrogen) atoms. The van der Waals surface area contributed by atoms with Gasteiger partial charge >= 0.3 is 0 Å². The van der Waals surface area contributed by atoms with Gasteiger partial charge in [0.05, 0.1) is 11.4 Å². The summed E-state index contributed by atoms with van der Waals surface area (Å²) in [5, 5.41) is 15.4. The van der Waals surface area contributed by atoms with Gasteiger partial charge < -0.3 is 10.8 Å². The normalized spacial score (nSPS) is 10.9. The van der Waals surface area contributed by atoms with Gasteiger partial charge in [0.15, 0.2) is 0 Å². The number of nitrogen functional groups attached to an aromatic ring is 1. The van der Waals surface area contributed by atoms with Gasteiger partial charge in [0.1, 0.15) is 11.3 Å². The molecule has 0 radical (unpaired) electrons. The highest BCUT2D eigenvalue weighted by molar-refractivity contribution is 5.88. The Bertz CT molecular complexity index is 731. The lowest BCUT2D eigenvalue weighted by Gasteiger charge is -2.05. The molecule has 0 spiro atoms. The SMILES string of the molecule is Cc1nn(-c2cccc(N)c2)c2c(O)cccc12. The monoisotopic (exact) mass is 239 g/mol. The van der Waals surface area contributed by atoms with Gasteiger partial charge in [-0.3, -0.25) is 0 Å². The predicted octanol–water partition coefficient (Wildman–Crippen LogP) is 2.62. The average Bonchev–Trinajstić information content (AvgIpc) is 2.69. The van der Waals surface area contributed by atoms with Crippen molar-refractivity contribution in [1.82, 2.24) is 9.78 Å². The lowest BCUT2D eigenvalue weighted by Crippen LogP contribution is -1.97. The van der Waals surface area contributed by atoms with Gasteiger partial charge in [-0.25, -0.2) is 4.68 Å². The van der Waals surface area contributed by atoms with E-state index in [0.717, 1.165) is 16.8 Å². The second kappa shape index (κ2) is 3.77. The van der Waals surface area contributed by atoms with Gasteiger partial charge in [0.2, 0.25) is 0 Å². The molecular weight excluding hydrogens is 226 g/mol. The van der Waals surface area contributed by atoms with Crippen LogP contribution in [0.2, 0.25) is 0 Å². The first-order valence-corrected chi connectivity index (χ1v) is 5.70. The number of phenols is 1. The highest BCUT2D eigenvalue weighted by Gasteiger charge is 2.12. The van der Waals surface area contributed by atoms with E-state index in [2.05, 4.69) is 5.10 Å². The van der Waals surface area contributed by atoms with Gasteiger partial charge in [0, 0.05) is 11.1 Å². The van der Waals surface area contributed by atoms with Gasteiger partial charge in [0.25, 0.3) is 0 Å². The molecular formula is C14H13N3O. The van der Waals surface area contributed by atoms with Crippen LogP contribution in [0.1, 0.15) is 5.69 Å². The summed E-state index contributed by atoms with van der Waals surface area (Å²) in [6, 6.07) is 12.9. The van der Waals surface area contributed by atoms with Crippen molar-refractivity contribution in [3.63, 3.8) is 0 Å². The molecule has 1 heterocycles. The second-order valence-corrected chi connectivity index (χ2v) is 4.27. The largest absolute Gasteiger partial charge is 0.506 e. The summed E-state index contributed by atoms with van der Waals surface area (Å²) in [6.07, 6.45) is 0. The van der Waals surface area contributed by atoms with Crippen LogP contribution in [-0.2, 0) is 0 Å². The van der Waals surface area contributed by atoms with E-state index in [4.69, 9.17) is 5.73 Å². The molecule has 4 nitrogen and oxygen atoms in total. The molecule has 3 aromatic rings. The molecule has 0 fully saturated rings. The zero-order chi connectivity index (χ0) is 12.7. The van der Waals surface area contributed by atoms with E-state index >= 15 is 0 Å². The molecule has 0 aliphatic carbocycles. The summed E-state index contributed by atoms with van der Waals surface area (Å²) in [5.74, 6) is 0.218. The van der Waals surface area contributed by atoms with E-state index in [1.54, 1.807) is 10.7 Å². The number of hydrogen-bond donors (Lipinski definition) is 2. The lowest BCUT2D eigenvalue weighted by molar-refractivity contribution is 0.479. The van der Waals surface area contributed by atoms with Crippen LogP contribution in [0, 0.1) is 6.92 Å². The molecule has 1 aromatic heterocycles. The molecule has 0 bridgehead atoms. The number of nitrogens with zero attached hydrogens (tertiary/aromatic N) is 2. The Labute approximate surface area is 104 Å². The first-order chi connectivity index (χ1) is 8.66. The van der Waals surface area contributed by atoms with Crippen LogP contribution in [0.3, 0.4) is 0 Å². The van der Waals surface area contributed by atoms with E-state index in [1.807, 2.05) is 43.3 Å². The third kappa shape index (κ3) is 1.50. The van der Waals surface area contributed by atoms with Crippen LogP contribution in [0.15, 0.2) is 42.5 Å². The Morgan fingerprint density at radius 1 is 1.17 bits per heavy atom. The molecule has 3 N–H and O–H groups in total. The number of phenolic OH excluding ortho intramolecular Hbond substituents is 1. The third-order valence-corrected chi connectivity index (χ3v) is 2.98. The molecule has 0 aliphatic heterocycles. The molecule has 0 amide bonds. The summed E-state index contributed by atoms with van der Waals surface area (Å²) in [5.41, 5.74) is 8.88. The van der Waals surface area contributed by atoms with E-state index in [1.165, 1.54) is 0 Å². The maximum atomic E-state index is 10.0. The molecule has 3 rings (SSSR count). The van der Waals surface area contributed by atoms with Gasteiger partial charge in [-0.15, -0.1) is 0 Å². The minimum atomic E-state index is 0.218. The number of fused-ring (bicyclic) bond motifs is 1. The summed E-state index contributed by atoms with van der Waals surface area (Å²) < 4.78 is 1.72. The van der Waals surface area contributed by atoms with Crippen molar-refractivity contribution in [2.24, 2.45) is 0 Å². The van der Waals surface area contributed by atoms with Crippen molar-refractivity contribution in [3.8, 4) is 11.4 Å². The standard InChI is InChI=1S/C14H13N3O/c1-9-12-6-3-7-13(18)14(12)17(16-9)11-5-2-4-10(15)8-11/h2-8,18H,15H2,1H3. The molecule has 0 saturated carbocycles. The summed E-state index contributed by atoms with van der Waals surface area (Å²) in [4.78, 5) is 0. The number of aryl methyl sites for hydroxylation is 1. The minimum Gasteiger partial charge on any atom is -0.506 e. The van der Waals surface area contributed by atoms with Crippen LogP contribution in [-0.4, -0.2) is 14.9 Å². The summed E-state index contributed by atoms with van der Waals surface area (Å²) >= 11 is 0. The number of hydrogen-bond acceptors (Lipinski definition) is 3. The molecule has 2 aromatic carbocycles. The first-order valence-electron chi connectivity index (χ1n) is 5.70. The van der Waals surface area contributed by atoms with Crippen LogP contribution in [0.5, 0.6) is 5.75 Å². The maximum Gasteiger partial charge on any atom is 0.141 e. The van der Waals surface area contributed by atoms with Crippen molar-refractivity contribution in [2.45, 2.75) is 6.92 Å². The maximum absolute atomic E-state index is 10.0. The Balaban J connectivity index is 2.36. The molecule has 0 saturated heterocycles. The van der Waals surface area contributed by atoms with Gasteiger partial charge in [-0.05, 0) is 31.2 Å². The lowest BCUT2D eigenvalue weighted by atomic mass is 10.2. The molecule has 0 unspecified atom stereocenters.